The summed E-state index contributed by atoms with van der Waals surface area (Å²) in [5.41, 5.74) is 0. The van der Waals surface area contributed by atoms with E-state index in [4.69, 9.17) is 4.52 Å². The lowest BCUT2D eigenvalue weighted by Crippen LogP contribution is -2.17. The number of hydrogen-bond donors (Lipinski definition) is 1. The second-order valence-electron chi connectivity index (χ2n) is 3.41. The molecule has 0 spiro atoms. The van der Waals surface area contributed by atoms with Gasteiger partial charge in [-0.2, -0.15) is 18.2 Å². The molecule has 98 valence electrons. The summed E-state index contributed by atoms with van der Waals surface area (Å²) in [4.78, 5) is 3.94. The van der Waals surface area contributed by atoms with Crippen molar-refractivity contribution >= 4 is 0 Å². The topological polar surface area (TPSA) is 60.2 Å². The summed E-state index contributed by atoms with van der Waals surface area (Å²) >= 11 is 0. The summed E-state index contributed by atoms with van der Waals surface area (Å²) in [6.45, 7) is 0.286. The first-order chi connectivity index (χ1) is 7.96. The third kappa shape index (κ3) is 4.70. The molecule has 1 aromatic rings. The van der Waals surface area contributed by atoms with Crippen LogP contribution in [0, 0.1) is 0 Å². The highest BCUT2D eigenvalue weighted by Gasteiger charge is 2.27. The molecule has 1 unspecified atom stereocenters. The van der Waals surface area contributed by atoms with E-state index in [1.165, 1.54) is 0 Å². The van der Waals surface area contributed by atoms with Crippen molar-refractivity contribution in [3.63, 3.8) is 0 Å². The van der Waals surface area contributed by atoms with Gasteiger partial charge in [-0.3, -0.25) is 0 Å². The van der Waals surface area contributed by atoms with E-state index in [9.17, 15) is 13.2 Å². The van der Waals surface area contributed by atoms with E-state index in [1.807, 2.05) is 6.92 Å². The van der Waals surface area contributed by atoms with Crippen molar-refractivity contribution in [3.05, 3.63) is 11.7 Å². The summed E-state index contributed by atoms with van der Waals surface area (Å²) in [6.07, 6.45) is -3.61. The van der Waals surface area contributed by atoms with Gasteiger partial charge in [-0.15, -0.1) is 0 Å². The highest BCUT2D eigenvalue weighted by atomic mass is 19.4. The van der Waals surface area contributed by atoms with Crippen molar-refractivity contribution in [2.75, 3.05) is 13.7 Å². The smallest absolute Gasteiger partial charge is 0.364 e. The molecule has 1 N–H and O–H groups in total. The second kappa shape index (κ2) is 5.97. The van der Waals surface area contributed by atoms with Crippen LogP contribution in [0.2, 0.25) is 0 Å². The fourth-order valence-electron chi connectivity index (χ4n) is 1.23. The van der Waals surface area contributed by atoms with Gasteiger partial charge in [0, 0.05) is 0 Å². The molecule has 0 fully saturated rings. The summed E-state index contributed by atoms with van der Waals surface area (Å²) in [7, 11) is 1.73. The number of nitrogens with one attached hydrogen (secondary N) is 1. The number of nitrogens with zero attached hydrogens (tertiary/aromatic N) is 2. The average Bonchev–Trinajstić information content (AvgIpc) is 2.67. The molecule has 1 rings (SSSR count). The first-order valence-electron chi connectivity index (χ1n) is 5.10. The zero-order valence-electron chi connectivity index (χ0n) is 9.54. The van der Waals surface area contributed by atoms with Gasteiger partial charge in [0.1, 0.15) is 13.2 Å². The van der Waals surface area contributed by atoms with Crippen LogP contribution < -0.4 is 5.32 Å². The fourth-order valence-corrected chi connectivity index (χ4v) is 1.23. The van der Waals surface area contributed by atoms with Crippen LogP contribution in [0.3, 0.4) is 0 Å². The molecule has 0 amide bonds. The van der Waals surface area contributed by atoms with E-state index in [2.05, 4.69) is 20.2 Å². The van der Waals surface area contributed by atoms with Gasteiger partial charge >= 0.3 is 6.18 Å². The Morgan fingerprint density at radius 2 is 2.18 bits per heavy atom. The maximum absolute atomic E-state index is 11.8. The normalized spacial score (nSPS) is 13.9. The maximum atomic E-state index is 11.8. The lowest BCUT2D eigenvalue weighted by molar-refractivity contribution is -0.177. The molecular weight excluding hydrogens is 239 g/mol. The SMILES string of the molecule is CCC(NC)c1nc(COCC(F)(F)F)no1. The van der Waals surface area contributed by atoms with Crippen molar-refractivity contribution < 1.29 is 22.4 Å². The molecule has 1 atom stereocenters. The quantitative estimate of drug-likeness (QED) is 0.837. The summed E-state index contributed by atoms with van der Waals surface area (Å²) in [5, 5.41) is 6.48. The van der Waals surface area contributed by atoms with Crippen LogP contribution in [0.15, 0.2) is 4.52 Å². The Kier molecular flexibility index (Phi) is 4.88. The molecule has 17 heavy (non-hydrogen) atoms. The molecular formula is C9H14F3N3O2. The molecule has 0 saturated heterocycles. The second-order valence-corrected chi connectivity index (χ2v) is 3.41. The van der Waals surface area contributed by atoms with Crippen LogP contribution in [0.1, 0.15) is 31.1 Å². The molecule has 0 aliphatic rings. The number of aromatic nitrogens is 2. The maximum Gasteiger partial charge on any atom is 0.411 e. The summed E-state index contributed by atoms with van der Waals surface area (Å²) in [6, 6.07) is -0.0983. The Hall–Kier alpha value is -1.15. The van der Waals surface area contributed by atoms with Gasteiger partial charge in [-0.1, -0.05) is 12.1 Å². The lowest BCUT2D eigenvalue weighted by atomic mass is 10.2. The molecule has 0 aromatic carbocycles. The van der Waals surface area contributed by atoms with Crippen LogP contribution >= 0.6 is 0 Å². The summed E-state index contributed by atoms with van der Waals surface area (Å²) in [5.74, 6) is 0.457. The minimum absolute atomic E-state index is 0.0983. The zero-order valence-corrected chi connectivity index (χ0v) is 9.54. The van der Waals surface area contributed by atoms with Crippen LogP contribution in [-0.4, -0.2) is 30.0 Å². The van der Waals surface area contributed by atoms with Crippen molar-refractivity contribution in [1.82, 2.24) is 15.5 Å². The monoisotopic (exact) mass is 253 g/mol. The standard InChI is InChI=1S/C9H14F3N3O2/c1-3-6(13-2)8-14-7(15-17-8)4-16-5-9(10,11)12/h6,13H,3-5H2,1-2H3. The Labute approximate surface area is 96.3 Å². The third-order valence-corrected chi connectivity index (χ3v) is 2.04. The number of alkyl halides is 3. The van der Waals surface area contributed by atoms with Crippen LogP contribution in [0.25, 0.3) is 0 Å². The van der Waals surface area contributed by atoms with Crippen molar-refractivity contribution in [2.45, 2.75) is 32.2 Å². The van der Waals surface area contributed by atoms with Gasteiger partial charge in [0.2, 0.25) is 5.89 Å². The predicted molar refractivity (Wildman–Crippen MR) is 52.1 cm³/mol. The number of hydrogen-bond acceptors (Lipinski definition) is 5. The molecule has 0 radical (unpaired) electrons. The number of ether oxygens (including phenoxy) is 1. The molecule has 0 aliphatic carbocycles. The van der Waals surface area contributed by atoms with E-state index in [1.54, 1.807) is 7.05 Å². The first-order valence-corrected chi connectivity index (χ1v) is 5.10. The third-order valence-electron chi connectivity index (χ3n) is 2.04. The zero-order chi connectivity index (χ0) is 12.9. The number of halogens is 3. The van der Waals surface area contributed by atoms with Gasteiger partial charge < -0.3 is 14.6 Å². The predicted octanol–water partition coefficient (Wildman–Crippen LogP) is 1.82. The largest absolute Gasteiger partial charge is 0.411 e. The molecule has 8 heteroatoms. The number of rotatable bonds is 6. The average molecular weight is 253 g/mol. The Morgan fingerprint density at radius 3 is 2.71 bits per heavy atom. The Morgan fingerprint density at radius 1 is 1.47 bits per heavy atom. The first kappa shape index (κ1) is 13.9. The highest BCUT2D eigenvalue weighted by molar-refractivity contribution is 4.91. The molecule has 0 aliphatic heterocycles. The van der Waals surface area contributed by atoms with Crippen LogP contribution in [0.5, 0.6) is 0 Å². The van der Waals surface area contributed by atoms with E-state index in [-0.39, 0.29) is 18.5 Å². The van der Waals surface area contributed by atoms with Gasteiger partial charge in [-0.05, 0) is 13.5 Å². The Balaban J connectivity index is 2.46. The van der Waals surface area contributed by atoms with Gasteiger partial charge in [0.25, 0.3) is 0 Å². The fraction of sp³-hybridized carbons (Fsp3) is 0.778. The molecule has 1 heterocycles. The minimum atomic E-state index is -4.34. The van der Waals surface area contributed by atoms with Gasteiger partial charge in [-0.25, -0.2) is 0 Å². The lowest BCUT2D eigenvalue weighted by Gasteiger charge is -2.06. The van der Waals surface area contributed by atoms with Crippen LogP contribution in [-0.2, 0) is 11.3 Å². The molecule has 5 nitrogen and oxygen atoms in total. The highest BCUT2D eigenvalue weighted by Crippen LogP contribution is 2.16. The van der Waals surface area contributed by atoms with Gasteiger partial charge in [0.05, 0.1) is 6.04 Å². The molecule has 0 bridgehead atoms. The Bertz CT molecular complexity index is 336. The molecule has 0 saturated carbocycles. The summed E-state index contributed by atoms with van der Waals surface area (Å²) < 4.78 is 44.7. The van der Waals surface area contributed by atoms with Crippen LogP contribution in [0.4, 0.5) is 13.2 Å². The molecule has 1 aromatic heterocycles. The van der Waals surface area contributed by atoms with Crippen molar-refractivity contribution in [1.29, 1.82) is 0 Å². The van der Waals surface area contributed by atoms with Gasteiger partial charge in [0.15, 0.2) is 5.82 Å². The minimum Gasteiger partial charge on any atom is -0.364 e. The van der Waals surface area contributed by atoms with E-state index in [0.29, 0.717) is 5.89 Å². The van der Waals surface area contributed by atoms with Crippen molar-refractivity contribution in [3.8, 4) is 0 Å². The van der Waals surface area contributed by atoms with E-state index >= 15 is 0 Å². The van der Waals surface area contributed by atoms with E-state index < -0.39 is 12.8 Å². The van der Waals surface area contributed by atoms with Crippen molar-refractivity contribution in [2.24, 2.45) is 0 Å². The van der Waals surface area contributed by atoms with E-state index in [0.717, 1.165) is 6.42 Å².